The largest absolute Gasteiger partial charge is 0.377 e. The van der Waals surface area contributed by atoms with E-state index in [0.29, 0.717) is 25.4 Å². The zero-order chi connectivity index (χ0) is 17.9. The number of carbonyl (C=O) groups is 1. The standard InChI is InChI=1S/C18H20N2O4S/c1-25(22,23)16-9-7-15(8-10-16)19-18(21)20-11-12-24-13-17(20)14-5-3-2-4-6-14/h2-10,17H,11-13H2,1H3,(H,19,21)/t17-/m0/s1. The van der Waals surface area contributed by atoms with Gasteiger partial charge in [0.15, 0.2) is 9.84 Å². The first kappa shape index (κ1) is 17.4. The van der Waals surface area contributed by atoms with E-state index in [0.717, 1.165) is 11.8 Å². The minimum atomic E-state index is -3.25. The quantitative estimate of drug-likeness (QED) is 0.913. The molecule has 1 heterocycles. The van der Waals surface area contributed by atoms with Crippen molar-refractivity contribution < 1.29 is 17.9 Å². The van der Waals surface area contributed by atoms with Crippen molar-refractivity contribution in [2.24, 2.45) is 0 Å². The summed E-state index contributed by atoms with van der Waals surface area (Å²) in [5.41, 5.74) is 1.57. The summed E-state index contributed by atoms with van der Waals surface area (Å²) < 4.78 is 28.5. The minimum absolute atomic E-state index is 0.148. The number of rotatable bonds is 3. The molecular formula is C18H20N2O4S. The molecular weight excluding hydrogens is 340 g/mol. The van der Waals surface area contributed by atoms with Gasteiger partial charge in [-0.1, -0.05) is 30.3 Å². The molecule has 1 fully saturated rings. The maximum atomic E-state index is 12.7. The number of nitrogens with zero attached hydrogens (tertiary/aromatic N) is 1. The van der Waals surface area contributed by atoms with E-state index >= 15 is 0 Å². The Kier molecular flexibility index (Phi) is 5.06. The first-order valence-electron chi connectivity index (χ1n) is 7.95. The lowest BCUT2D eigenvalue weighted by Gasteiger charge is -2.35. The Hall–Kier alpha value is -2.38. The maximum absolute atomic E-state index is 12.7. The number of hydrogen-bond acceptors (Lipinski definition) is 4. The highest BCUT2D eigenvalue weighted by Gasteiger charge is 2.28. The molecule has 2 aromatic rings. The highest BCUT2D eigenvalue weighted by atomic mass is 32.2. The second-order valence-electron chi connectivity index (χ2n) is 5.92. The van der Waals surface area contributed by atoms with Crippen LogP contribution >= 0.6 is 0 Å². The van der Waals surface area contributed by atoms with E-state index < -0.39 is 9.84 Å². The lowest BCUT2D eigenvalue weighted by atomic mass is 10.1. The SMILES string of the molecule is CS(=O)(=O)c1ccc(NC(=O)N2CCOC[C@H]2c2ccccc2)cc1. The van der Waals surface area contributed by atoms with Crippen LogP contribution in [0.25, 0.3) is 0 Å². The van der Waals surface area contributed by atoms with Gasteiger partial charge >= 0.3 is 6.03 Å². The van der Waals surface area contributed by atoms with Crippen LogP contribution < -0.4 is 5.32 Å². The molecule has 0 radical (unpaired) electrons. The van der Waals surface area contributed by atoms with Crippen LogP contribution in [-0.2, 0) is 14.6 Å². The van der Waals surface area contributed by atoms with E-state index in [2.05, 4.69) is 5.32 Å². The third kappa shape index (κ3) is 4.18. The molecule has 1 atom stereocenters. The predicted molar refractivity (Wildman–Crippen MR) is 95.3 cm³/mol. The minimum Gasteiger partial charge on any atom is -0.377 e. The Morgan fingerprint density at radius 1 is 1.12 bits per heavy atom. The summed E-state index contributed by atoms with van der Waals surface area (Å²) in [4.78, 5) is 14.6. The van der Waals surface area contributed by atoms with Gasteiger partial charge in [0.2, 0.25) is 0 Å². The molecule has 1 aliphatic heterocycles. The lowest BCUT2D eigenvalue weighted by molar-refractivity contribution is 0.0148. The Labute approximate surface area is 147 Å². The highest BCUT2D eigenvalue weighted by molar-refractivity contribution is 7.90. The Morgan fingerprint density at radius 3 is 2.44 bits per heavy atom. The molecule has 132 valence electrons. The average molecular weight is 360 g/mol. The van der Waals surface area contributed by atoms with E-state index in [1.165, 1.54) is 12.1 Å². The van der Waals surface area contributed by atoms with Gasteiger partial charge in [0.1, 0.15) is 0 Å². The fourth-order valence-electron chi connectivity index (χ4n) is 2.78. The van der Waals surface area contributed by atoms with Crippen LogP contribution in [0.2, 0.25) is 0 Å². The molecule has 25 heavy (non-hydrogen) atoms. The lowest BCUT2D eigenvalue weighted by Crippen LogP contribution is -2.45. The molecule has 6 nitrogen and oxygen atoms in total. The molecule has 0 aromatic heterocycles. The fraction of sp³-hybridized carbons (Fsp3) is 0.278. The van der Waals surface area contributed by atoms with Gasteiger partial charge in [0, 0.05) is 18.5 Å². The van der Waals surface area contributed by atoms with E-state index in [4.69, 9.17) is 4.74 Å². The van der Waals surface area contributed by atoms with Crippen molar-refractivity contribution in [2.45, 2.75) is 10.9 Å². The first-order chi connectivity index (χ1) is 11.9. The third-order valence-electron chi connectivity index (χ3n) is 4.11. The topological polar surface area (TPSA) is 75.7 Å². The second-order valence-corrected chi connectivity index (χ2v) is 7.94. The van der Waals surface area contributed by atoms with Crippen LogP contribution in [0.15, 0.2) is 59.5 Å². The van der Waals surface area contributed by atoms with E-state index in [-0.39, 0.29) is 17.0 Å². The van der Waals surface area contributed by atoms with Crippen molar-refractivity contribution in [2.75, 3.05) is 31.3 Å². The van der Waals surface area contributed by atoms with Crippen LogP contribution in [0.1, 0.15) is 11.6 Å². The van der Waals surface area contributed by atoms with Crippen LogP contribution in [0.4, 0.5) is 10.5 Å². The summed E-state index contributed by atoms with van der Waals surface area (Å²) in [5.74, 6) is 0. The highest BCUT2D eigenvalue weighted by Crippen LogP contribution is 2.25. The van der Waals surface area contributed by atoms with Crippen molar-refractivity contribution >= 4 is 21.6 Å². The van der Waals surface area contributed by atoms with Gasteiger partial charge in [-0.2, -0.15) is 0 Å². The zero-order valence-corrected chi connectivity index (χ0v) is 14.7. The zero-order valence-electron chi connectivity index (χ0n) is 13.9. The molecule has 3 rings (SSSR count). The van der Waals surface area contributed by atoms with E-state index in [1.54, 1.807) is 17.0 Å². The molecule has 2 amide bonds. The van der Waals surface area contributed by atoms with Gasteiger partial charge in [-0.15, -0.1) is 0 Å². The first-order valence-corrected chi connectivity index (χ1v) is 9.85. The molecule has 1 aliphatic rings. The van der Waals surface area contributed by atoms with Crippen molar-refractivity contribution in [1.29, 1.82) is 0 Å². The molecule has 1 N–H and O–H groups in total. The Balaban J connectivity index is 1.75. The normalized spacial score (nSPS) is 18.0. The van der Waals surface area contributed by atoms with Crippen molar-refractivity contribution in [3.05, 3.63) is 60.2 Å². The van der Waals surface area contributed by atoms with Crippen LogP contribution in [-0.4, -0.2) is 45.4 Å². The third-order valence-corrected chi connectivity index (χ3v) is 5.24. The van der Waals surface area contributed by atoms with Crippen LogP contribution in [0.5, 0.6) is 0 Å². The fourth-order valence-corrected chi connectivity index (χ4v) is 3.41. The molecule has 0 bridgehead atoms. The van der Waals surface area contributed by atoms with Gasteiger partial charge < -0.3 is 15.0 Å². The number of hydrogen-bond donors (Lipinski definition) is 1. The maximum Gasteiger partial charge on any atom is 0.322 e. The summed E-state index contributed by atoms with van der Waals surface area (Å²) >= 11 is 0. The summed E-state index contributed by atoms with van der Waals surface area (Å²) in [6.45, 7) is 1.43. The number of amides is 2. The van der Waals surface area contributed by atoms with Crippen molar-refractivity contribution in [1.82, 2.24) is 4.90 Å². The summed E-state index contributed by atoms with van der Waals surface area (Å²) in [5, 5.41) is 2.83. The molecule has 1 saturated heterocycles. The summed E-state index contributed by atoms with van der Waals surface area (Å²) in [6, 6.07) is 15.5. The molecule has 0 spiro atoms. The van der Waals surface area contributed by atoms with Crippen molar-refractivity contribution in [3.8, 4) is 0 Å². The number of anilines is 1. The van der Waals surface area contributed by atoms with Gasteiger partial charge in [-0.05, 0) is 29.8 Å². The van der Waals surface area contributed by atoms with Crippen molar-refractivity contribution in [3.63, 3.8) is 0 Å². The van der Waals surface area contributed by atoms with E-state index in [1.807, 2.05) is 30.3 Å². The smallest absolute Gasteiger partial charge is 0.322 e. The summed E-state index contributed by atoms with van der Waals surface area (Å²) in [6.07, 6.45) is 1.15. The molecule has 0 saturated carbocycles. The number of morpholine rings is 1. The van der Waals surface area contributed by atoms with Crippen LogP contribution in [0, 0.1) is 0 Å². The molecule has 0 unspecified atom stereocenters. The van der Waals surface area contributed by atoms with Gasteiger partial charge in [-0.25, -0.2) is 13.2 Å². The molecule has 0 aliphatic carbocycles. The van der Waals surface area contributed by atoms with Gasteiger partial charge in [0.25, 0.3) is 0 Å². The number of urea groups is 1. The number of ether oxygens (including phenoxy) is 1. The molecule has 7 heteroatoms. The second kappa shape index (κ2) is 7.25. The Morgan fingerprint density at radius 2 is 1.80 bits per heavy atom. The monoisotopic (exact) mass is 360 g/mol. The number of benzene rings is 2. The number of carbonyl (C=O) groups excluding carboxylic acids is 1. The van der Waals surface area contributed by atoms with Crippen LogP contribution in [0.3, 0.4) is 0 Å². The average Bonchev–Trinajstić information content (AvgIpc) is 2.62. The van der Waals surface area contributed by atoms with E-state index in [9.17, 15) is 13.2 Å². The predicted octanol–water partition coefficient (Wildman–Crippen LogP) is 2.70. The Bertz CT molecular complexity index is 835. The summed E-state index contributed by atoms with van der Waals surface area (Å²) in [7, 11) is -3.25. The number of nitrogens with one attached hydrogen (secondary N) is 1. The van der Waals surface area contributed by atoms with Gasteiger partial charge in [-0.3, -0.25) is 0 Å². The number of sulfone groups is 1. The van der Waals surface area contributed by atoms with Gasteiger partial charge in [0.05, 0.1) is 24.2 Å². The molecule has 2 aromatic carbocycles.